The van der Waals surface area contributed by atoms with E-state index < -0.39 is 16.8 Å². The maximum atomic E-state index is 12.1. The van der Waals surface area contributed by atoms with Crippen molar-refractivity contribution in [2.45, 2.75) is 12.2 Å². The normalized spacial score (nSPS) is 13.4. The van der Waals surface area contributed by atoms with Crippen LogP contribution in [0.25, 0.3) is 11.1 Å². The first kappa shape index (κ1) is 18.0. The highest BCUT2D eigenvalue weighted by molar-refractivity contribution is 7.85. The molecule has 122 valence electrons. The number of benzene rings is 2. The van der Waals surface area contributed by atoms with Crippen molar-refractivity contribution in [2.24, 2.45) is 0 Å². The topological polar surface area (TPSA) is 43.4 Å². The molecule has 0 aromatic heterocycles. The molecule has 0 fully saturated rings. The van der Waals surface area contributed by atoms with Gasteiger partial charge in [-0.05, 0) is 30.2 Å². The van der Waals surface area contributed by atoms with Gasteiger partial charge in [0, 0.05) is 26.4 Å². The molecule has 0 saturated heterocycles. The Balaban J connectivity index is 2.19. The number of carbonyl (C=O) groups excluding carboxylic acids is 1. The molecule has 23 heavy (non-hydrogen) atoms. The van der Waals surface area contributed by atoms with Gasteiger partial charge < -0.3 is 4.74 Å². The van der Waals surface area contributed by atoms with E-state index in [2.05, 4.69) is 4.74 Å². The molecule has 2 unspecified atom stereocenters. The largest absolute Gasteiger partial charge is 0.468 e. The fourth-order valence-corrected chi connectivity index (χ4v) is 3.69. The van der Waals surface area contributed by atoms with Crippen LogP contribution in [0, 0.1) is 0 Å². The first-order valence-corrected chi connectivity index (χ1v) is 9.05. The summed E-state index contributed by atoms with van der Waals surface area (Å²) in [6.07, 6.45) is 0. The van der Waals surface area contributed by atoms with Crippen molar-refractivity contribution in [3.63, 3.8) is 0 Å². The zero-order valence-corrected chi connectivity index (χ0v) is 15.0. The molecule has 0 bridgehead atoms. The molecule has 3 nitrogen and oxygen atoms in total. The highest BCUT2D eigenvalue weighted by Crippen LogP contribution is 2.31. The minimum atomic E-state index is -1.32. The van der Waals surface area contributed by atoms with Crippen molar-refractivity contribution in [3.8, 4) is 11.1 Å². The van der Waals surface area contributed by atoms with Crippen molar-refractivity contribution in [3.05, 3.63) is 58.1 Å². The molecule has 0 aliphatic rings. The molecule has 0 heterocycles. The molecule has 2 atom stereocenters. The third-order valence-corrected chi connectivity index (χ3v) is 5.63. The Kier molecular flexibility index (Phi) is 6.22. The summed E-state index contributed by atoms with van der Waals surface area (Å²) < 4.78 is 16.7. The van der Waals surface area contributed by atoms with Crippen LogP contribution in [0.2, 0.25) is 10.0 Å². The molecule has 0 radical (unpaired) electrons. The van der Waals surface area contributed by atoms with Gasteiger partial charge in [0.2, 0.25) is 0 Å². The lowest BCUT2D eigenvalue weighted by Gasteiger charge is -2.12. The van der Waals surface area contributed by atoms with Gasteiger partial charge in [-0.3, -0.25) is 9.00 Å². The standard InChI is InChI=1S/C17H16Cl2O3S/c1-11(23(21)10-17(20)22-2)12-3-5-13(6-4-12)15-8-7-14(18)9-16(15)19/h3-9,11H,10H2,1-2H3. The SMILES string of the molecule is COC(=O)CS(=O)C(C)c1ccc(-c2ccc(Cl)cc2Cl)cc1. The predicted molar refractivity (Wildman–Crippen MR) is 95.3 cm³/mol. The van der Waals surface area contributed by atoms with Gasteiger partial charge in [0.15, 0.2) is 0 Å². The van der Waals surface area contributed by atoms with Gasteiger partial charge in [-0.25, -0.2) is 0 Å². The molecule has 2 rings (SSSR count). The van der Waals surface area contributed by atoms with E-state index in [-0.39, 0.29) is 11.0 Å². The summed E-state index contributed by atoms with van der Waals surface area (Å²) in [4.78, 5) is 11.2. The Labute approximate surface area is 148 Å². The monoisotopic (exact) mass is 370 g/mol. The Morgan fingerprint density at radius 2 is 1.83 bits per heavy atom. The zero-order chi connectivity index (χ0) is 17.0. The van der Waals surface area contributed by atoms with Crippen LogP contribution in [0.1, 0.15) is 17.7 Å². The molecule has 2 aromatic carbocycles. The fraction of sp³-hybridized carbons (Fsp3) is 0.235. The highest BCUT2D eigenvalue weighted by atomic mass is 35.5. The smallest absolute Gasteiger partial charge is 0.318 e. The van der Waals surface area contributed by atoms with E-state index >= 15 is 0 Å². The van der Waals surface area contributed by atoms with Crippen LogP contribution in [-0.4, -0.2) is 23.0 Å². The first-order chi connectivity index (χ1) is 10.9. The van der Waals surface area contributed by atoms with Gasteiger partial charge in [0.1, 0.15) is 5.75 Å². The minimum Gasteiger partial charge on any atom is -0.468 e. The second-order valence-electron chi connectivity index (χ2n) is 4.99. The predicted octanol–water partition coefficient (Wildman–Crippen LogP) is 4.64. The van der Waals surface area contributed by atoms with Gasteiger partial charge in [-0.1, -0.05) is 53.5 Å². The summed E-state index contributed by atoms with van der Waals surface area (Å²) in [5.74, 6) is -0.581. The summed E-state index contributed by atoms with van der Waals surface area (Å²) in [5, 5.41) is 0.901. The Morgan fingerprint density at radius 3 is 2.39 bits per heavy atom. The Morgan fingerprint density at radius 1 is 1.17 bits per heavy atom. The van der Waals surface area contributed by atoms with Crippen molar-refractivity contribution in [1.29, 1.82) is 0 Å². The summed E-state index contributed by atoms with van der Waals surface area (Å²) in [6, 6.07) is 12.9. The van der Waals surface area contributed by atoms with Crippen molar-refractivity contribution >= 4 is 40.0 Å². The second-order valence-corrected chi connectivity index (χ2v) is 7.59. The summed E-state index contributed by atoms with van der Waals surface area (Å²) in [6.45, 7) is 1.82. The molecule has 0 N–H and O–H groups in total. The number of ether oxygens (including phenoxy) is 1. The van der Waals surface area contributed by atoms with E-state index in [1.54, 1.807) is 12.1 Å². The lowest BCUT2D eigenvalue weighted by Crippen LogP contribution is -2.16. The van der Waals surface area contributed by atoms with Gasteiger partial charge in [-0.2, -0.15) is 0 Å². The van der Waals surface area contributed by atoms with E-state index in [1.165, 1.54) is 7.11 Å². The minimum absolute atomic E-state index is 0.109. The molecule has 2 aromatic rings. The lowest BCUT2D eigenvalue weighted by atomic mass is 10.0. The van der Waals surface area contributed by atoms with Crippen molar-refractivity contribution < 1.29 is 13.7 Å². The van der Waals surface area contributed by atoms with Gasteiger partial charge in [0.25, 0.3) is 0 Å². The van der Waals surface area contributed by atoms with Crippen LogP contribution in [0.15, 0.2) is 42.5 Å². The number of rotatable bonds is 5. The maximum Gasteiger partial charge on any atom is 0.318 e. The molecule has 0 aliphatic carbocycles. The molecular formula is C17H16Cl2O3S. The van der Waals surface area contributed by atoms with E-state index in [0.29, 0.717) is 10.0 Å². The van der Waals surface area contributed by atoms with Crippen LogP contribution in [0.5, 0.6) is 0 Å². The van der Waals surface area contributed by atoms with E-state index in [1.807, 2.05) is 37.3 Å². The fourth-order valence-electron chi connectivity index (χ4n) is 2.11. The third-order valence-electron chi connectivity index (χ3n) is 3.50. The number of carbonyl (C=O) groups is 1. The van der Waals surface area contributed by atoms with Crippen LogP contribution in [0.3, 0.4) is 0 Å². The Hall–Kier alpha value is -1.36. The summed E-state index contributed by atoms with van der Waals surface area (Å²) in [5.41, 5.74) is 2.72. The first-order valence-electron chi connectivity index (χ1n) is 6.91. The average molecular weight is 371 g/mol. The van der Waals surface area contributed by atoms with Crippen LogP contribution >= 0.6 is 23.2 Å². The number of esters is 1. The zero-order valence-electron chi connectivity index (χ0n) is 12.7. The number of hydrogen-bond donors (Lipinski definition) is 0. The van der Waals surface area contributed by atoms with Crippen molar-refractivity contribution in [1.82, 2.24) is 0 Å². The van der Waals surface area contributed by atoms with Gasteiger partial charge >= 0.3 is 5.97 Å². The molecule has 0 aliphatic heterocycles. The molecular weight excluding hydrogens is 355 g/mol. The van der Waals surface area contributed by atoms with Crippen LogP contribution < -0.4 is 0 Å². The molecule has 0 saturated carbocycles. The van der Waals surface area contributed by atoms with Crippen molar-refractivity contribution in [2.75, 3.05) is 12.9 Å². The van der Waals surface area contributed by atoms with E-state index in [4.69, 9.17) is 23.2 Å². The van der Waals surface area contributed by atoms with E-state index in [9.17, 15) is 9.00 Å². The summed E-state index contributed by atoms with van der Waals surface area (Å²) in [7, 11) is -0.0358. The van der Waals surface area contributed by atoms with E-state index in [0.717, 1.165) is 16.7 Å². The molecule has 0 amide bonds. The van der Waals surface area contributed by atoms with Crippen LogP contribution in [0.4, 0.5) is 0 Å². The number of hydrogen-bond acceptors (Lipinski definition) is 3. The molecule has 0 spiro atoms. The van der Waals surface area contributed by atoms with Gasteiger partial charge in [0.05, 0.1) is 12.4 Å². The molecule has 6 heteroatoms. The second kappa shape index (κ2) is 7.95. The quantitative estimate of drug-likeness (QED) is 0.719. The Bertz CT molecular complexity index is 729. The third kappa shape index (κ3) is 4.56. The summed E-state index contributed by atoms with van der Waals surface area (Å²) >= 11 is 12.1. The van der Waals surface area contributed by atoms with Crippen LogP contribution in [-0.2, 0) is 20.3 Å². The average Bonchev–Trinajstić information content (AvgIpc) is 2.54. The highest BCUT2D eigenvalue weighted by Gasteiger charge is 2.17. The maximum absolute atomic E-state index is 12.1. The number of methoxy groups -OCH3 is 1. The lowest BCUT2D eigenvalue weighted by molar-refractivity contribution is -0.137. The number of halogens is 2. The van der Waals surface area contributed by atoms with Gasteiger partial charge in [-0.15, -0.1) is 0 Å².